The van der Waals surface area contributed by atoms with Crippen molar-refractivity contribution in [2.24, 2.45) is 4.99 Å². The predicted molar refractivity (Wildman–Crippen MR) is 112 cm³/mol. The first kappa shape index (κ1) is 20.4. The molecule has 0 aliphatic rings. The molecule has 4 nitrogen and oxygen atoms in total. The Labute approximate surface area is 162 Å². The number of rotatable bonds is 5. The van der Waals surface area contributed by atoms with Crippen LogP contribution < -0.4 is 10.6 Å². The molecule has 2 aromatic rings. The molecule has 1 aromatic heterocycles. The third-order valence-corrected chi connectivity index (χ3v) is 3.99. The van der Waals surface area contributed by atoms with Crippen molar-refractivity contribution in [2.75, 3.05) is 13.6 Å². The van der Waals surface area contributed by atoms with Crippen molar-refractivity contribution < 1.29 is 0 Å². The second kappa shape index (κ2) is 10.3. The fourth-order valence-electron chi connectivity index (χ4n) is 2.54. The van der Waals surface area contributed by atoms with Gasteiger partial charge in [-0.05, 0) is 55.5 Å². The number of aryl methyl sites for hydroxylation is 3. The molecule has 0 aliphatic carbocycles. The number of hydrogen-bond acceptors (Lipinski definition) is 2. The Morgan fingerprint density at radius 2 is 1.83 bits per heavy atom. The van der Waals surface area contributed by atoms with E-state index >= 15 is 0 Å². The summed E-state index contributed by atoms with van der Waals surface area (Å²) in [5.74, 6) is 0.830. The zero-order valence-electron chi connectivity index (χ0n) is 14.9. The number of nitrogens with zero attached hydrogens (tertiary/aromatic N) is 2. The quantitative estimate of drug-likeness (QED) is 0.427. The van der Waals surface area contributed by atoms with E-state index in [4.69, 9.17) is 0 Å². The Morgan fingerprint density at radius 3 is 2.50 bits per heavy atom. The van der Waals surface area contributed by atoms with Crippen molar-refractivity contribution in [1.82, 2.24) is 15.6 Å². The summed E-state index contributed by atoms with van der Waals surface area (Å²) in [7, 11) is 1.80. The molecule has 0 saturated heterocycles. The highest BCUT2D eigenvalue weighted by Crippen LogP contribution is 2.10. The molecule has 0 bridgehead atoms. The maximum absolute atomic E-state index is 4.29. The third-order valence-electron chi connectivity index (χ3n) is 3.99. The first-order valence-corrected chi connectivity index (χ1v) is 8.00. The van der Waals surface area contributed by atoms with Gasteiger partial charge in [0, 0.05) is 32.5 Å². The highest BCUT2D eigenvalue weighted by molar-refractivity contribution is 14.0. The number of guanidine groups is 1. The van der Waals surface area contributed by atoms with Crippen LogP contribution in [0.25, 0.3) is 0 Å². The van der Waals surface area contributed by atoms with Gasteiger partial charge in [-0.1, -0.05) is 23.8 Å². The molecule has 2 N–H and O–H groups in total. The number of aliphatic imine (C=N–C) groups is 1. The second-order valence-electron chi connectivity index (χ2n) is 5.83. The molecule has 130 valence electrons. The van der Waals surface area contributed by atoms with E-state index in [1.165, 1.54) is 27.8 Å². The Morgan fingerprint density at radius 1 is 1.04 bits per heavy atom. The Balaban J connectivity index is 0.00000288. The molecule has 0 unspecified atom stereocenters. The van der Waals surface area contributed by atoms with Crippen LogP contribution in [-0.2, 0) is 13.0 Å². The minimum atomic E-state index is 0. The topological polar surface area (TPSA) is 49.3 Å². The van der Waals surface area contributed by atoms with Gasteiger partial charge in [0.1, 0.15) is 0 Å². The first-order chi connectivity index (χ1) is 11.1. The lowest BCUT2D eigenvalue weighted by Crippen LogP contribution is -2.38. The van der Waals surface area contributed by atoms with Gasteiger partial charge in [-0.2, -0.15) is 0 Å². The van der Waals surface area contributed by atoms with E-state index in [-0.39, 0.29) is 24.0 Å². The summed E-state index contributed by atoms with van der Waals surface area (Å²) < 4.78 is 0. The fourth-order valence-corrected chi connectivity index (χ4v) is 2.54. The van der Waals surface area contributed by atoms with Crippen LogP contribution in [0, 0.1) is 20.8 Å². The highest BCUT2D eigenvalue weighted by Gasteiger charge is 2.02. The summed E-state index contributed by atoms with van der Waals surface area (Å²) in [5.41, 5.74) is 6.44. The standard InChI is InChI=1S/C19H26N4.HI/c1-14-5-6-18(15(2)11-14)13-23-19(20-4)22-10-8-17-7-9-21-12-16(17)3;/h5-7,9,11-12H,8,10,13H2,1-4H3,(H2,20,22,23);1H. The van der Waals surface area contributed by atoms with Crippen LogP contribution >= 0.6 is 24.0 Å². The summed E-state index contributed by atoms with van der Waals surface area (Å²) in [4.78, 5) is 8.41. The zero-order valence-corrected chi connectivity index (χ0v) is 17.2. The number of benzene rings is 1. The van der Waals surface area contributed by atoms with Gasteiger partial charge >= 0.3 is 0 Å². The lowest BCUT2D eigenvalue weighted by atomic mass is 10.1. The summed E-state index contributed by atoms with van der Waals surface area (Å²) in [6, 6.07) is 8.60. The molecule has 1 heterocycles. The zero-order chi connectivity index (χ0) is 16.7. The minimum absolute atomic E-state index is 0. The third kappa shape index (κ3) is 6.11. The number of nitrogens with one attached hydrogen (secondary N) is 2. The van der Waals surface area contributed by atoms with E-state index < -0.39 is 0 Å². The van der Waals surface area contributed by atoms with Gasteiger partial charge in [-0.3, -0.25) is 9.98 Å². The average molecular weight is 438 g/mol. The molecular formula is C19H27IN4. The van der Waals surface area contributed by atoms with Crippen molar-refractivity contribution in [3.63, 3.8) is 0 Å². The van der Waals surface area contributed by atoms with Gasteiger partial charge < -0.3 is 10.6 Å². The maximum atomic E-state index is 4.29. The molecule has 24 heavy (non-hydrogen) atoms. The predicted octanol–water partition coefficient (Wildman–Crippen LogP) is 3.53. The van der Waals surface area contributed by atoms with E-state index in [0.29, 0.717) is 0 Å². The summed E-state index contributed by atoms with van der Waals surface area (Å²) in [5, 5.41) is 6.74. The van der Waals surface area contributed by atoms with E-state index in [0.717, 1.165) is 25.5 Å². The fraction of sp³-hybridized carbons (Fsp3) is 0.368. The second-order valence-corrected chi connectivity index (χ2v) is 5.83. The molecule has 0 aliphatic heterocycles. The largest absolute Gasteiger partial charge is 0.356 e. The number of halogens is 1. The Bertz CT molecular complexity index is 683. The van der Waals surface area contributed by atoms with Crippen LogP contribution in [0.2, 0.25) is 0 Å². The van der Waals surface area contributed by atoms with Gasteiger partial charge in [0.25, 0.3) is 0 Å². The minimum Gasteiger partial charge on any atom is -0.356 e. The maximum Gasteiger partial charge on any atom is 0.191 e. The SMILES string of the molecule is CN=C(NCCc1ccncc1C)NCc1ccc(C)cc1C.I. The van der Waals surface area contributed by atoms with Crippen LogP contribution in [0.1, 0.15) is 27.8 Å². The summed E-state index contributed by atoms with van der Waals surface area (Å²) in [6.07, 6.45) is 4.71. The molecule has 0 atom stereocenters. The summed E-state index contributed by atoms with van der Waals surface area (Å²) >= 11 is 0. The summed E-state index contributed by atoms with van der Waals surface area (Å²) in [6.45, 7) is 7.98. The molecule has 0 saturated carbocycles. The van der Waals surface area contributed by atoms with Crippen LogP contribution in [-0.4, -0.2) is 24.5 Å². The normalized spacial score (nSPS) is 10.9. The molecule has 5 heteroatoms. The molecule has 2 rings (SSSR count). The number of pyridine rings is 1. The van der Waals surface area contributed by atoms with Crippen LogP contribution in [0.15, 0.2) is 41.7 Å². The first-order valence-electron chi connectivity index (χ1n) is 8.00. The van der Waals surface area contributed by atoms with Gasteiger partial charge in [-0.15, -0.1) is 24.0 Å². The smallest absolute Gasteiger partial charge is 0.191 e. The van der Waals surface area contributed by atoms with Gasteiger partial charge in [0.15, 0.2) is 5.96 Å². The monoisotopic (exact) mass is 438 g/mol. The van der Waals surface area contributed by atoms with Gasteiger partial charge in [-0.25, -0.2) is 0 Å². The van der Waals surface area contributed by atoms with Crippen LogP contribution in [0.5, 0.6) is 0 Å². The number of aromatic nitrogens is 1. The molecule has 0 radical (unpaired) electrons. The lowest BCUT2D eigenvalue weighted by molar-refractivity contribution is 0.789. The molecule has 1 aromatic carbocycles. The Kier molecular flexibility index (Phi) is 8.74. The van der Waals surface area contributed by atoms with E-state index in [9.17, 15) is 0 Å². The molecular weight excluding hydrogens is 411 g/mol. The Hall–Kier alpha value is -1.63. The number of hydrogen-bond donors (Lipinski definition) is 2. The van der Waals surface area contributed by atoms with Crippen LogP contribution in [0.4, 0.5) is 0 Å². The van der Waals surface area contributed by atoms with Crippen LogP contribution in [0.3, 0.4) is 0 Å². The molecule has 0 spiro atoms. The van der Waals surface area contributed by atoms with Crippen molar-refractivity contribution in [2.45, 2.75) is 33.7 Å². The van der Waals surface area contributed by atoms with Crippen molar-refractivity contribution in [3.8, 4) is 0 Å². The van der Waals surface area contributed by atoms with Gasteiger partial charge in [0.2, 0.25) is 0 Å². The lowest BCUT2D eigenvalue weighted by Gasteiger charge is -2.14. The van der Waals surface area contributed by atoms with Crippen molar-refractivity contribution >= 4 is 29.9 Å². The van der Waals surface area contributed by atoms with Gasteiger partial charge in [0.05, 0.1) is 0 Å². The van der Waals surface area contributed by atoms with E-state index in [2.05, 4.69) is 65.6 Å². The van der Waals surface area contributed by atoms with E-state index in [1.54, 1.807) is 7.05 Å². The molecule has 0 amide bonds. The average Bonchev–Trinajstić information content (AvgIpc) is 2.54. The highest BCUT2D eigenvalue weighted by atomic mass is 127. The van der Waals surface area contributed by atoms with Crippen molar-refractivity contribution in [1.29, 1.82) is 0 Å². The molecule has 0 fully saturated rings. The van der Waals surface area contributed by atoms with Crippen molar-refractivity contribution in [3.05, 3.63) is 64.5 Å². The van der Waals surface area contributed by atoms with E-state index in [1.807, 2.05) is 12.4 Å².